The zero-order valence-electron chi connectivity index (χ0n) is 20.9. The molecule has 9 heteroatoms. The second-order valence-corrected chi connectivity index (χ2v) is 10.0. The van der Waals surface area contributed by atoms with Gasteiger partial charge in [0.05, 0.1) is 17.0 Å². The SMILES string of the molecule is Cc1nn(-c2ncccn2)cc1C(=O)N1C[C@@H]2[C@H](C1)[C@H]2Oc1cc(C(C)C)cc(-c2ccc(F)cc2)n1. The summed E-state index contributed by atoms with van der Waals surface area (Å²) in [5.74, 6) is 1.53. The normalized spacial score (nSPS) is 20.2. The summed E-state index contributed by atoms with van der Waals surface area (Å²) in [4.78, 5) is 28.2. The second kappa shape index (κ2) is 9.06. The van der Waals surface area contributed by atoms with Crippen LogP contribution in [-0.2, 0) is 0 Å². The number of benzene rings is 1. The summed E-state index contributed by atoms with van der Waals surface area (Å²) < 4.78 is 21.3. The summed E-state index contributed by atoms with van der Waals surface area (Å²) in [6, 6.07) is 12.1. The largest absolute Gasteiger partial charge is 0.474 e. The lowest BCUT2D eigenvalue weighted by molar-refractivity contribution is 0.0751. The van der Waals surface area contributed by atoms with Crippen LogP contribution in [0.4, 0.5) is 4.39 Å². The maximum Gasteiger partial charge on any atom is 0.257 e. The van der Waals surface area contributed by atoms with Crippen LogP contribution in [0.2, 0.25) is 0 Å². The topological polar surface area (TPSA) is 86.0 Å². The van der Waals surface area contributed by atoms with E-state index >= 15 is 0 Å². The molecule has 0 unspecified atom stereocenters. The molecule has 37 heavy (non-hydrogen) atoms. The molecule has 2 aliphatic rings. The van der Waals surface area contributed by atoms with Crippen LogP contribution in [0.25, 0.3) is 17.2 Å². The van der Waals surface area contributed by atoms with Gasteiger partial charge in [-0.2, -0.15) is 5.10 Å². The van der Waals surface area contributed by atoms with Crippen molar-refractivity contribution in [2.45, 2.75) is 32.8 Å². The van der Waals surface area contributed by atoms with Crippen molar-refractivity contribution in [1.82, 2.24) is 29.6 Å². The van der Waals surface area contributed by atoms with Gasteiger partial charge in [-0.15, -0.1) is 0 Å². The molecule has 4 heterocycles. The Kier molecular flexibility index (Phi) is 5.70. The van der Waals surface area contributed by atoms with Gasteiger partial charge < -0.3 is 9.64 Å². The highest BCUT2D eigenvalue weighted by molar-refractivity contribution is 5.95. The molecule has 0 N–H and O–H groups in total. The molecule has 0 spiro atoms. The van der Waals surface area contributed by atoms with Crippen LogP contribution in [0, 0.1) is 24.6 Å². The number of carbonyl (C=O) groups excluding carboxylic acids is 1. The minimum atomic E-state index is -0.277. The molecule has 1 amide bonds. The summed E-state index contributed by atoms with van der Waals surface area (Å²) in [5.41, 5.74) is 3.93. The Morgan fingerprint density at radius 3 is 2.46 bits per heavy atom. The highest BCUT2D eigenvalue weighted by Crippen LogP contribution is 2.48. The maximum atomic E-state index is 13.4. The number of hydrogen-bond acceptors (Lipinski definition) is 6. The van der Waals surface area contributed by atoms with Crippen LogP contribution in [0.5, 0.6) is 5.88 Å². The van der Waals surface area contributed by atoms with Gasteiger partial charge in [-0.25, -0.2) is 24.0 Å². The highest BCUT2D eigenvalue weighted by atomic mass is 19.1. The van der Waals surface area contributed by atoms with E-state index in [0.717, 1.165) is 16.8 Å². The quantitative estimate of drug-likeness (QED) is 0.391. The van der Waals surface area contributed by atoms with Gasteiger partial charge in [-0.1, -0.05) is 13.8 Å². The number of hydrogen-bond donors (Lipinski definition) is 0. The zero-order valence-corrected chi connectivity index (χ0v) is 20.9. The van der Waals surface area contributed by atoms with Gasteiger partial charge in [0, 0.05) is 55.1 Å². The van der Waals surface area contributed by atoms with Crippen molar-refractivity contribution in [2.24, 2.45) is 11.8 Å². The van der Waals surface area contributed by atoms with E-state index < -0.39 is 0 Å². The van der Waals surface area contributed by atoms with E-state index in [0.29, 0.717) is 42.1 Å². The van der Waals surface area contributed by atoms with Crippen molar-refractivity contribution in [3.63, 3.8) is 0 Å². The molecule has 0 radical (unpaired) electrons. The number of piperidine rings is 1. The first kappa shape index (κ1) is 23.3. The molecule has 1 saturated carbocycles. The van der Waals surface area contributed by atoms with Gasteiger partial charge in [0.1, 0.15) is 11.9 Å². The van der Waals surface area contributed by atoms with Gasteiger partial charge in [-0.3, -0.25) is 4.79 Å². The lowest BCUT2D eigenvalue weighted by Crippen LogP contribution is -2.33. The predicted molar refractivity (Wildman–Crippen MR) is 135 cm³/mol. The molecule has 3 aromatic heterocycles. The first-order valence-corrected chi connectivity index (χ1v) is 12.4. The molecule has 1 aromatic carbocycles. The Bertz CT molecular complexity index is 1440. The van der Waals surface area contributed by atoms with E-state index in [1.807, 2.05) is 24.0 Å². The fourth-order valence-corrected chi connectivity index (χ4v) is 4.99. The number of aromatic nitrogens is 5. The number of likely N-dealkylation sites (tertiary alicyclic amines) is 1. The Hall–Kier alpha value is -4.14. The van der Waals surface area contributed by atoms with Crippen LogP contribution in [0.3, 0.4) is 0 Å². The Morgan fingerprint density at radius 2 is 1.78 bits per heavy atom. The van der Waals surface area contributed by atoms with E-state index in [9.17, 15) is 9.18 Å². The number of carbonyl (C=O) groups is 1. The monoisotopic (exact) mass is 498 g/mol. The number of halogens is 1. The molecule has 1 saturated heterocycles. The van der Waals surface area contributed by atoms with E-state index in [4.69, 9.17) is 9.72 Å². The van der Waals surface area contributed by atoms with Crippen LogP contribution in [0.15, 0.2) is 61.1 Å². The van der Waals surface area contributed by atoms with E-state index in [1.54, 1.807) is 36.8 Å². The Morgan fingerprint density at radius 1 is 1.08 bits per heavy atom. The van der Waals surface area contributed by atoms with Crippen LogP contribution in [0.1, 0.15) is 41.4 Å². The molecule has 4 aromatic rings. The standard InChI is InChI=1S/C28H27FN6O2/c1-16(2)19-11-24(18-5-7-20(29)8-6-18)32-25(12-19)37-26-22-13-34(14-23(22)26)27(36)21-15-35(33-17(21)3)28-30-9-4-10-31-28/h4-12,15-16,22-23,26H,13-14H2,1-3H3/t22-,23+,26+. The summed E-state index contributed by atoms with van der Waals surface area (Å²) in [6.45, 7) is 7.33. The molecule has 1 aliphatic heterocycles. The fourth-order valence-electron chi connectivity index (χ4n) is 4.99. The second-order valence-electron chi connectivity index (χ2n) is 10.0. The zero-order chi connectivity index (χ0) is 25.7. The summed E-state index contributed by atoms with van der Waals surface area (Å²) in [5, 5.41) is 4.43. The lowest BCUT2D eigenvalue weighted by Gasteiger charge is -2.20. The highest BCUT2D eigenvalue weighted by Gasteiger charge is 2.59. The maximum absolute atomic E-state index is 13.4. The molecule has 2 fully saturated rings. The average Bonchev–Trinajstić information content (AvgIpc) is 3.23. The number of fused-ring (bicyclic) bond motifs is 1. The van der Waals surface area contributed by atoms with Crippen molar-refractivity contribution < 1.29 is 13.9 Å². The average molecular weight is 499 g/mol. The van der Waals surface area contributed by atoms with Gasteiger partial charge in [0.2, 0.25) is 11.8 Å². The number of amides is 1. The molecule has 8 nitrogen and oxygen atoms in total. The van der Waals surface area contributed by atoms with Gasteiger partial charge in [0.15, 0.2) is 0 Å². The molecule has 6 rings (SSSR count). The number of nitrogens with zero attached hydrogens (tertiary/aromatic N) is 6. The lowest BCUT2D eigenvalue weighted by atomic mass is 10.0. The smallest absolute Gasteiger partial charge is 0.257 e. The number of pyridine rings is 1. The third kappa shape index (κ3) is 4.45. The minimum Gasteiger partial charge on any atom is -0.474 e. The van der Waals surface area contributed by atoms with Crippen LogP contribution in [-0.4, -0.2) is 54.7 Å². The van der Waals surface area contributed by atoms with Crippen molar-refractivity contribution in [1.29, 1.82) is 0 Å². The minimum absolute atomic E-state index is 0.0292. The number of aryl methyl sites for hydroxylation is 1. The van der Waals surface area contributed by atoms with Crippen molar-refractivity contribution in [3.8, 4) is 23.1 Å². The number of rotatable bonds is 6. The van der Waals surface area contributed by atoms with Gasteiger partial charge in [-0.05, 0) is 54.8 Å². The van der Waals surface area contributed by atoms with Crippen molar-refractivity contribution >= 4 is 5.91 Å². The molecule has 3 atom stereocenters. The Labute approximate surface area is 214 Å². The van der Waals surface area contributed by atoms with E-state index in [-0.39, 0.29) is 29.7 Å². The first-order chi connectivity index (χ1) is 17.9. The molecule has 0 bridgehead atoms. The number of ether oxygens (including phenoxy) is 1. The molecule has 1 aliphatic carbocycles. The Balaban J connectivity index is 1.14. The van der Waals surface area contributed by atoms with E-state index in [1.165, 1.54) is 16.8 Å². The third-order valence-electron chi connectivity index (χ3n) is 7.18. The fraction of sp³-hybridized carbons (Fsp3) is 0.321. The predicted octanol–water partition coefficient (Wildman–Crippen LogP) is 4.44. The molecule has 188 valence electrons. The van der Waals surface area contributed by atoms with E-state index in [2.05, 4.69) is 28.9 Å². The van der Waals surface area contributed by atoms with Crippen molar-refractivity contribution in [3.05, 3.63) is 83.7 Å². The summed E-state index contributed by atoms with van der Waals surface area (Å²) in [7, 11) is 0. The first-order valence-electron chi connectivity index (χ1n) is 12.4. The molecular weight excluding hydrogens is 471 g/mol. The van der Waals surface area contributed by atoms with Crippen molar-refractivity contribution in [2.75, 3.05) is 13.1 Å². The van der Waals surface area contributed by atoms with Crippen LogP contribution >= 0.6 is 0 Å². The summed E-state index contributed by atoms with van der Waals surface area (Å²) in [6.07, 6.45) is 5.01. The summed E-state index contributed by atoms with van der Waals surface area (Å²) >= 11 is 0. The van der Waals surface area contributed by atoms with Gasteiger partial charge in [0.25, 0.3) is 5.91 Å². The van der Waals surface area contributed by atoms with Gasteiger partial charge >= 0.3 is 0 Å². The molecular formula is C28H27FN6O2. The third-order valence-corrected chi connectivity index (χ3v) is 7.18. The van der Waals surface area contributed by atoms with Crippen LogP contribution < -0.4 is 4.74 Å².